The van der Waals surface area contributed by atoms with Crippen molar-refractivity contribution in [1.82, 2.24) is 51.6 Å². The van der Waals surface area contributed by atoms with Crippen LogP contribution in [0.4, 0.5) is 4.39 Å². The second kappa shape index (κ2) is 37.0. The normalized spacial score (nSPS) is 13.3. The van der Waals surface area contributed by atoms with Gasteiger partial charge in [-0.3, -0.25) is 52.7 Å². The van der Waals surface area contributed by atoms with Gasteiger partial charge in [0.1, 0.15) is 47.8 Å². The highest BCUT2D eigenvalue weighted by Crippen LogP contribution is 2.21. The second-order valence-electron chi connectivity index (χ2n) is 21.6. The van der Waals surface area contributed by atoms with E-state index < -0.39 is 177 Å². The summed E-state index contributed by atoms with van der Waals surface area (Å²) >= 11 is 0. The molecule has 6 unspecified atom stereocenters. The van der Waals surface area contributed by atoms with Gasteiger partial charge < -0.3 is 68.0 Å². The summed E-state index contributed by atoms with van der Waals surface area (Å²) in [6, 6.07) is 14.6. The summed E-state index contributed by atoms with van der Waals surface area (Å²) < 4.78 is 75.5. The van der Waals surface area contributed by atoms with Crippen molar-refractivity contribution < 1.29 is 94.0 Å². The number of hydrogen-bond acceptors (Lipinski definition) is 16. The maximum atomic E-state index is 14.6. The first-order chi connectivity index (χ1) is 44.6. The fourth-order valence-electron chi connectivity index (χ4n) is 9.47. The van der Waals surface area contributed by atoms with E-state index in [9.17, 15) is 89.3 Å². The molecule has 1 heterocycles. The van der Waals surface area contributed by atoms with Crippen LogP contribution in [0.5, 0.6) is 5.75 Å². The number of primary amides is 1. The molecule has 5 rings (SSSR count). The molecule has 0 fully saturated rings. The lowest BCUT2D eigenvalue weighted by Crippen LogP contribution is -2.58. The van der Waals surface area contributed by atoms with Crippen molar-refractivity contribution in [1.29, 1.82) is 0 Å². The van der Waals surface area contributed by atoms with Crippen LogP contribution in [0, 0.1) is 5.82 Å². The van der Waals surface area contributed by atoms with Crippen molar-refractivity contribution in [3.63, 3.8) is 0 Å². The molecule has 5 aromatic rings. The lowest BCUT2D eigenvalue weighted by Gasteiger charge is -2.26. The number of carbonyl (C=O) groups excluding carboxylic acids is 8. The number of carbonyl (C=O) groups is 11. The van der Waals surface area contributed by atoms with Crippen LogP contribution in [0.25, 0.3) is 10.9 Å². The number of rotatable bonds is 42. The smallest absolute Gasteiger partial charge is 0.305 e. The molecule has 0 radical (unpaired) electrons. The summed E-state index contributed by atoms with van der Waals surface area (Å²) in [5.41, 5.74) is 6.78. The number of benzene rings is 4. The third-order valence-electron chi connectivity index (χ3n) is 14.4. The molecule has 0 saturated carbocycles. The number of para-hydroxylation sites is 1. The predicted octanol–water partition coefficient (Wildman–Crippen LogP) is 0.503. The summed E-state index contributed by atoms with van der Waals surface area (Å²) in [4.78, 5) is 147. The molecule has 8 amide bonds. The van der Waals surface area contributed by atoms with E-state index >= 15 is 0 Å². The van der Waals surface area contributed by atoms with Gasteiger partial charge in [0.2, 0.25) is 67.3 Å². The Hall–Kier alpha value is -9.86. The van der Waals surface area contributed by atoms with E-state index in [2.05, 4.69) is 46.9 Å². The van der Waals surface area contributed by atoms with Crippen LogP contribution in [0.1, 0.15) is 88.2 Å². The fraction of sp³-hybridized carbons (Fsp3) is 0.393. The number of sulfonamides is 2. The molecule has 6 atom stereocenters. The maximum absolute atomic E-state index is 14.6. The molecule has 508 valence electrons. The average Bonchev–Trinajstić information content (AvgIpc) is 1.57. The number of ether oxygens (including phenoxy) is 1. The zero-order valence-electron chi connectivity index (χ0n) is 51.0. The van der Waals surface area contributed by atoms with E-state index in [-0.39, 0.29) is 48.6 Å². The van der Waals surface area contributed by atoms with Gasteiger partial charge in [-0.05, 0) is 111 Å². The van der Waals surface area contributed by atoms with Gasteiger partial charge in [-0.1, -0.05) is 55.0 Å². The van der Waals surface area contributed by atoms with Crippen molar-refractivity contribution in [2.24, 2.45) is 5.73 Å². The Labute approximate surface area is 540 Å². The van der Waals surface area contributed by atoms with Crippen molar-refractivity contribution in [2.45, 2.75) is 136 Å². The number of carboxylic acids is 3. The SMILES string of the molecule is COc1ccc(S(=O)(=O)NC(CC(=O)O)C(=O)NC(CCC(=O)O)C(=O)NCC(=O)NC(Cc2cccc(F)c2)C(=O)NC(Cc2c[nH]c3ccccc23)C(=O)NC(CCC(=O)O)C(=O)NCCCCCC(=O)NC(CCCCNS(=O)(=O)c2ccccc2)C(N)=O)cc1. The minimum absolute atomic E-state index is 0.00388. The molecule has 33 heteroatoms. The number of carboxylic acid groups (broad SMARTS) is 3. The number of amides is 8. The lowest BCUT2D eigenvalue weighted by atomic mass is 10.0. The van der Waals surface area contributed by atoms with Gasteiger partial charge >= 0.3 is 17.9 Å². The Kier molecular flexibility index (Phi) is 29.5. The first-order valence-corrected chi connectivity index (χ1v) is 32.6. The van der Waals surface area contributed by atoms with Crippen LogP contribution >= 0.6 is 0 Å². The molecule has 0 aliphatic carbocycles. The number of aromatic amines is 1. The van der Waals surface area contributed by atoms with Crippen LogP contribution in [0.2, 0.25) is 0 Å². The number of methoxy groups -OCH3 is 1. The molecule has 15 N–H and O–H groups in total. The van der Waals surface area contributed by atoms with Gasteiger partial charge in [0.25, 0.3) is 0 Å². The average molecular weight is 1350 g/mol. The molecule has 0 aliphatic rings. The number of unbranched alkanes of at least 4 members (excludes halogenated alkanes) is 3. The number of halogens is 1. The van der Waals surface area contributed by atoms with E-state index in [1.807, 2.05) is 4.72 Å². The quantitative estimate of drug-likeness (QED) is 0.0237. The Balaban J connectivity index is 1.24. The number of aromatic nitrogens is 1. The highest BCUT2D eigenvalue weighted by molar-refractivity contribution is 7.89. The molecule has 0 bridgehead atoms. The molecule has 1 aromatic heterocycles. The number of nitrogens with two attached hydrogens (primary N) is 1. The van der Waals surface area contributed by atoms with Gasteiger partial charge in [0.15, 0.2) is 0 Å². The summed E-state index contributed by atoms with van der Waals surface area (Å²) in [5, 5.41) is 46.4. The Morgan fingerprint density at radius 1 is 0.532 bits per heavy atom. The van der Waals surface area contributed by atoms with Gasteiger partial charge in [-0.15, -0.1) is 0 Å². The van der Waals surface area contributed by atoms with Gasteiger partial charge in [0.05, 0.1) is 29.9 Å². The molecule has 4 aromatic carbocycles. The highest BCUT2D eigenvalue weighted by Gasteiger charge is 2.34. The van der Waals surface area contributed by atoms with Crippen molar-refractivity contribution >= 4 is 96.1 Å². The van der Waals surface area contributed by atoms with Gasteiger partial charge in [-0.2, -0.15) is 4.72 Å². The molecular weight excluding hydrogens is 1270 g/mol. The number of hydrogen-bond donors (Lipinski definition) is 14. The van der Waals surface area contributed by atoms with Crippen LogP contribution in [-0.4, -0.2) is 165 Å². The monoisotopic (exact) mass is 1350 g/mol. The van der Waals surface area contributed by atoms with Gasteiger partial charge in [-0.25, -0.2) is 25.9 Å². The number of fused-ring (bicyclic) bond motifs is 1. The third-order valence-corrected chi connectivity index (χ3v) is 17.3. The number of aliphatic carboxylic acids is 3. The van der Waals surface area contributed by atoms with Crippen molar-refractivity contribution in [3.05, 3.63) is 126 Å². The summed E-state index contributed by atoms with van der Waals surface area (Å²) in [6.07, 6.45) is -0.974. The highest BCUT2D eigenvalue weighted by atomic mass is 32.2. The third kappa shape index (κ3) is 25.3. The molecular formula is C61H76FN11O19S2. The van der Waals surface area contributed by atoms with E-state index in [4.69, 9.17) is 10.5 Å². The van der Waals surface area contributed by atoms with E-state index in [0.717, 1.165) is 24.3 Å². The minimum Gasteiger partial charge on any atom is -0.497 e. The van der Waals surface area contributed by atoms with Crippen molar-refractivity contribution in [3.8, 4) is 5.75 Å². The zero-order valence-corrected chi connectivity index (χ0v) is 52.7. The lowest BCUT2D eigenvalue weighted by molar-refractivity contribution is -0.140. The topological polar surface area (TPSA) is 476 Å². The molecule has 30 nitrogen and oxygen atoms in total. The molecule has 0 saturated heterocycles. The van der Waals surface area contributed by atoms with E-state index in [1.165, 1.54) is 43.5 Å². The van der Waals surface area contributed by atoms with Crippen molar-refractivity contribution in [2.75, 3.05) is 26.7 Å². The van der Waals surface area contributed by atoms with E-state index in [1.54, 1.807) is 48.7 Å². The Morgan fingerprint density at radius 3 is 1.72 bits per heavy atom. The molecule has 0 spiro atoms. The standard InChI is InChI=1S/C61H76FN11O19S2/c1-92-40-21-23-42(24-22-40)94(90,91)73-50(34-55(80)81)61(87)71-47(26-28-54(78)79)58(84)66-36-52(75)69-48(32-37-13-12-14-39(62)31-37)59(85)72-49(33-38-35-65-44-18-8-7-17-43(38)44)60(86)70-46(25-27-53(76)77)57(83)64-29-10-3-6-20-51(74)68-45(56(63)82)19-9-11-30-67-93(88,89)41-15-4-2-5-16-41/h2,4-5,7-8,12-18,21-24,31,35,45-50,65,67,73H,3,6,9-11,19-20,25-30,32-34,36H2,1H3,(H2,63,82)(H,64,83)(H,66,84)(H,68,74)(H,69,75)(H,70,86)(H,71,87)(H,72,85)(H,76,77)(H,78,79)(H,80,81). The molecule has 94 heavy (non-hydrogen) atoms. The van der Waals surface area contributed by atoms with Crippen LogP contribution in [0.3, 0.4) is 0 Å². The van der Waals surface area contributed by atoms with Crippen LogP contribution < -0.4 is 57.1 Å². The summed E-state index contributed by atoms with van der Waals surface area (Å²) in [6.45, 7) is -0.914. The first-order valence-electron chi connectivity index (χ1n) is 29.6. The minimum atomic E-state index is -4.61. The largest absolute Gasteiger partial charge is 0.497 e. The van der Waals surface area contributed by atoms with E-state index in [0.29, 0.717) is 48.6 Å². The van der Waals surface area contributed by atoms with Gasteiger partial charge in [0, 0.05) is 62.3 Å². The number of H-pyrrole nitrogens is 1. The fourth-order valence-corrected chi connectivity index (χ4v) is 11.8. The summed E-state index contributed by atoms with van der Waals surface area (Å²) in [5.74, 6) is -12.7. The Morgan fingerprint density at radius 2 is 1.11 bits per heavy atom. The predicted molar refractivity (Wildman–Crippen MR) is 334 cm³/mol. The second-order valence-corrected chi connectivity index (χ2v) is 25.0. The first kappa shape index (κ1) is 74.9. The summed E-state index contributed by atoms with van der Waals surface area (Å²) in [7, 11) is -7.01. The van der Waals surface area contributed by atoms with Crippen LogP contribution in [0.15, 0.2) is 119 Å². The maximum Gasteiger partial charge on any atom is 0.305 e. The number of nitrogens with one attached hydrogen (secondary N) is 10. The van der Waals surface area contributed by atoms with Crippen LogP contribution in [-0.2, 0) is 85.6 Å². The molecule has 0 aliphatic heterocycles. The zero-order chi connectivity index (χ0) is 69.0. The Bertz CT molecular complexity index is 3710.